The van der Waals surface area contributed by atoms with E-state index in [0.717, 1.165) is 40.0 Å². The van der Waals surface area contributed by atoms with E-state index in [1.807, 2.05) is 53.1 Å². The van der Waals surface area contributed by atoms with Gasteiger partial charge < -0.3 is 9.80 Å². The third kappa shape index (κ3) is 6.40. The second kappa shape index (κ2) is 12.7. The quantitative estimate of drug-likeness (QED) is 0.187. The van der Waals surface area contributed by atoms with Crippen LogP contribution in [0, 0.1) is 6.92 Å². The third-order valence-electron chi connectivity index (χ3n) is 7.02. The van der Waals surface area contributed by atoms with E-state index in [4.69, 9.17) is 11.6 Å². The molecule has 0 bridgehead atoms. The molecule has 7 nitrogen and oxygen atoms in total. The van der Waals surface area contributed by atoms with Gasteiger partial charge in [0.2, 0.25) is 5.91 Å². The van der Waals surface area contributed by atoms with Crippen molar-refractivity contribution in [3.63, 3.8) is 0 Å². The third-order valence-corrected chi connectivity index (χ3v) is 8.29. The standard InChI is InChI=1S/C31H32ClN5O2S/c1-22-8-6-11-27(20-22)37-29(24-9-4-3-5-10-24)33-34-31(37)40-19-7-12-28(38)35-17-18-36(23(2)21-35)30(39)25-13-15-26(32)16-14-25/h3-6,8-11,13-16,20,23H,7,12,17-19,21H2,1-2H3. The number of nitrogens with zero attached hydrogens (tertiary/aromatic N) is 5. The fraction of sp³-hybridized carbons (Fsp3) is 0.290. The van der Waals surface area contributed by atoms with Crippen molar-refractivity contribution in [2.24, 2.45) is 0 Å². The summed E-state index contributed by atoms with van der Waals surface area (Å²) in [5, 5.41) is 10.4. The number of aromatic nitrogens is 3. The van der Waals surface area contributed by atoms with E-state index >= 15 is 0 Å². The summed E-state index contributed by atoms with van der Waals surface area (Å²) in [6.45, 7) is 5.66. The molecule has 1 aliphatic heterocycles. The fourth-order valence-corrected chi connectivity index (χ4v) is 5.94. The number of hydrogen-bond acceptors (Lipinski definition) is 5. The first-order chi connectivity index (χ1) is 19.4. The number of amides is 2. The van der Waals surface area contributed by atoms with Gasteiger partial charge in [-0.25, -0.2) is 0 Å². The molecule has 9 heteroatoms. The molecule has 1 fully saturated rings. The lowest BCUT2D eigenvalue weighted by molar-refractivity contribution is -0.133. The van der Waals surface area contributed by atoms with Crippen LogP contribution in [0.15, 0.2) is 84.0 Å². The molecule has 0 aliphatic carbocycles. The number of carbonyl (C=O) groups excluding carboxylic acids is 2. The fourth-order valence-electron chi connectivity index (χ4n) is 4.93. The van der Waals surface area contributed by atoms with Gasteiger partial charge in [0.05, 0.1) is 0 Å². The van der Waals surface area contributed by atoms with Crippen LogP contribution in [0.25, 0.3) is 17.1 Å². The predicted octanol–water partition coefficient (Wildman–Crippen LogP) is 6.14. The number of carbonyl (C=O) groups is 2. The molecule has 1 aromatic heterocycles. The SMILES string of the molecule is Cc1cccc(-n2c(SCCCC(=O)N3CCN(C(=O)c4ccc(Cl)cc4)C(C)C3)nnc2-c2ccccc2)c1. The van der Waals surface area contributed by atoms with E-state index in [9.17, 15) is 9.59 Å². The number of piperazine rings is 1. The Morgan fingerprint density at radius 1 is 0.975 bits per heavy atom. The maximum absolute atomic E-state index is 13.0. The van der Waals surface area contributed by atoms with Gasteiger partial charge in [0.15, 0.2) is 11.0 Å². The summed E-state index contributed by atoms with van der Waals surface area (Å²) in [5.74, 6) is 1.64. The lowest BCUT2D eigenvalue weighted by Gasteiger charge is -2.40. The second-order valence-corrected chi connectivity index (χ2v) is 11.5. The van der Waals surface area contributed by atoms with E-state index in [1.165, 1.54) is 0 Å². The van der Waals surface area contributed by atoms with Crippen molar-refractivity contribution in [1.29, 1.82) is 0 Å². The van der Waals surface area contributed by atoms with Gasteiger partial charge in [0.1, 0.15) is 0 Å². The van der Waals surface area contributed by atoms with Crippen LogP contribution in [0.3, 0.4) is 0 Å². The van der Waals surface area contributed by atoms with Gasteiger partial charge in [0.25, 0.3) is 5.91 Å². The Labute approximate surface area is 244 Å². The van der Waals surface area contributed by atoms with Crippen molar-refractivity contribution >= 4 is 35.2 Å². The highest BCUT2D eigenvalue weighted by Crippen LogP contribution is 2.29. The van der Waals surface area contributed by atoms with E-state index in [-0.39, 0.29) is 17.9 Å². The molecule has 0 spiro atoms. The number of aryl methyl sites for hydroxylation is 1. The molecule has 5 rings (SSSR count). The van der Waals surface area contributed by atoms with Crippen LogP contribution in [0.1, 0.15) is 35.7 Å². The first-order valence-corrected chi connectivity index (χ1v) is 14.8. The van der Waals surface area contributed by atoms with Gasteiger partial charge in [-0.15, -0.1) is 10.2 Å². The van der Waals surface area contributed by atoms with Crippen molar-refractivity contribution in [2.45, 2.75) is 37.9 Å². The average Bonchev–Trinajstić information content (AvgIpc) is 3.39. The highest BCUT2D eigenvalue weighted by molar-refractivity contribution is 7.99. The van der Waals surface area contributed by atoms with Crippen LogP contribution in [0.5, 0.6) is 0 Å². The van der Waals surface area contributed by atoms with Crippen molar-refractivity contribution in [1.82, 2.24) is 24.6 Å². The Morgan fingerprint density at radius 2 is 1.75 bits per heavy atom. The zero-order chi connectivity index (χ0) is 28.1. The van der Waals surface area contributed by atoms with Crippen molar-refractivity contribution in [3.05, 3.63) is 95.0 Å². The van der Waals surface area contributed by atoms with Gasteiger partial charge in [-0.05, 0) is 62.2 Å². The molecule has 1 aliphatic rings. The van der Waals surface area contributed by atoms with E-state index in [1.54, 1.807) is 36.0 Å². The topological polar surface area (TPSA) is 71.3 Å². The van der Waals surface area contributed by atoms with Crippen molar-refractivity contribution in [3.8, 4) is 17.1 Å². The monoisotopic (exact) mass is 573 g/mol. The van der Waals surface area contributed by atoms with Crippen LogP contribution in [0.4, 0.5) is 0 Å². The zero-order valence-electron chi connectivity index (χ0n) is 22.7. The first-order valence-electron chi connectivity index (χ1n) is 13.5. The molecule has 0 saturated carbocycles. The molecule has 40 heavy (non-hydrogen) atoms. The van der Waals surface area contributed by atoms with Crippen molar-refractivity contribution < 1.29 is 9.59 Å². The molecular formula is C31H32ClN5O2S. The zero-order valence-corrected chi connectivity index (χ0v) is 24.2. The maximum Gasteiger partial charge on any atom is 0.254 e. The Kier molecular flexibility index (Phi) is 8.87. The number of halogens is 1. The molecule has 3 aromatic carbocycles. The lowest BCUT2D eigenvalue weighted by Crippen LogP contribution is -2.55. The highest BCUT2D eigenvalue weighted by Gasteiger charge is 2.30. The summed E-state index contributed by atoms with van der Waals surface area (Å²) in [5.41, 5.74) is 3.79. The molecule has 2 amide bonds. The minimum atomic E-state index is -0.0560. The summed E-state index contributed by atoms with van der Waals surface area (Å²) in [7, 11) is 0. The number of rotatable bonds is 8. The van der Waals surface area contributed by atoms with E-state index < -0.39 is 0 Å². The summed E-state index contributed by atoms with van der Waals surface area (Å²) in [6, 6.07) is 25.2. The summed E-state index contributed by atoms with van der Waals surface area (Å²) in [6.07, 6.45) is 1.18. The highest BCUT2D eigenvalue weighted by atomic mass is 35.5. The molecule has 1 saturated heterocycles. The smallest absolute Gasteiger partial charge is 0.254 e. The Bertz CT molecular complexity index is 1470. The molecule has 4 aromatic rings. The van der Waals surface area contributed by atoms with Gasteiger partial charge in [-0.2, -0.15) is 0 Å². The molecule has 1 unspecified atom stereocenters. The largest absolute Gasteiger partial charge is 0.339 e. The van der Waals surface area contributed by atoms with Gasteiger partial charge in [-0.3, -0.25) is 14.2 Å². The second-order valence-electron chi connectivity index (χ2n) is 9.99. The molecule has 0 radical (unpaired) electrons. The Morgan fingerprint density at radius 3 is 2.48 bits per heavy atom. The summed E-state index contributed by atoms with van der Waals surface area (Å²) < 4.78 is 2.09. The minimum Gasteiger partial charge on any atom is -0.339 e. The Hall–Kier alpha value is -3.62. The van der Waals surface area contributed by atoms with Gasteiger partial charge in [0, 0.05) is 59.7 Å². The van der Waals surface area contributed by atoms with Crippen LogP contribution < -0.4 is 0 Å². The molecule has 1 atom stereocenters. The van der Waals surface area contributed by atoms with E-state index in [2.05, 4.69) is 39.9 Å². The first kappa shape index (κ1) is 27.9. The summed E-state index contributed by atoms with van der Waals surface area (Å²) >= 11 is 7.57. The van der Waals surface area contributed by atoms with Gasteiger partial charge >= 0.3 is 0 Å². The molecule has 2 heterocycles. The number of thioether (sulfide) groups is 1. The van der Waals surface area contributed by atoms with Gasteiger partial charge in [-0.1, -0.05) is 65.8 Å². The normalized spacial score (nSPS) is 15.3. The van der Waals surface area contributed by atoms with Crippen LogP contribution in [-0.4, -0.2) is 67.8 Å². The predicted molar refractivity (Wildman–Crippen MR) is 160 cm³/mol. The van der Waals surface area contributed by atoms with Crippen LogP contribution in [0.2, 0.25) is 5.02 Å². The summed E-state index contributed by atoms with van der Waals surface area (Å²) in [4.78, 5) is 29.7. The molecule has 0 N–H and O–H groups in total. The number of hydrogen-bond donors (Lipinski definition) is 0. The van der Waals surface area contributed by atoms with Crippen LogP contribution in [-0.2, 0) is 4.79 Å². The van der Waals surface area contributed by atoms with Crippen LogP contribution >= 0.6 is 23.4 Å². The lowest BCUT2D eigenvalue weighted by atomic mass is 10.1. The minimum absolute atomic E-state index is 0.0275. The number of benzene rings is 3. The average molecular weight is 574 g/mol. The Balaban J connectivity index is 1.17. The maximum atomic E-state index is 13.0. The van der Waals surface area contributed by atoms with E-state index in [0.29, 0.717) is 36.6 Å². The molecular weight excluding hydrogens is 542 g/mol. The van der Waals surface area contributed by atoms with Crippen molar-refractivity contribution in [2.75, 3.05) is 25.4 Å². The molecule has 206 valence electrons.